The minimum absolute atomic E-state index is 0.0236. The molecule has 3 N–H and O–H groups in total. The lowest BCUT2D eigenvalue weighted by atomic mass is 9.93. The van der Waals surface area contributed by atoms with Crippen LogP contribution in [0.2, 0.25) is 0 Å². The Morgan fingerprint density at radius 1 is 1.15 bits per heavy atom. The van der Waals surface area contributed by atoms with Crippen molar-refractivity contribution in [3.8, 4) is 0 Å². The van der Waals surface area contributed by atoms with E-state index in [4.69, 9.17) is 4.74 Å². The fourth-order valence-corrected chi connectivity index (χ4v) is 2.85. The van der Waals surface area contributed by atoms with E-state index in [-0.39, 0.29) is 17.2 Å². The summed E-state index contributed by atoms with van der Waals surface area (Å²) >= 11 is 0. The van der Waals surface area contributed by atoms with Crippen LogP contribution in [0, 0.1) is 11.3 Å². The van der Waals surface area contributed by atoms with Crippen LogP contribution in [0.3, 0.4) is 0 Å². The number of ether oxygens (including phenoxy) is 1. The van der Waals surface area contributed by atoms with Crippen molar-refractivity contribution >= 4 is 17.8 Å². The maximum absolute atomic E-state index is 12.4. The molecular formula is C20H28N2O5. The predicted molar refractivity (Wildman–Crippen MR) is 101 cm³/mol. The van der Waals surface area contributed by atoms with Gasteiger partial charge in [0.15, 0.2) is 0 Å². The molecule has 2 amide bonds. The van der Waals surface area contributed by atoms with E-state index < -0.39 is 17.9 Å². The molecule has 0 aromatic heterocycles. The molecule has 27 heavy (non-hydrogen) atoms. The van der Waals surface area contributed by atoms with Crippen LogP contribution < -0.4 is 10.6 Å². The van der Waals surface area contributed by atoms with Crippen LogP contribution in [-0.4, -0.2) is 48.7 Å². The molecule has 1 fully saturated rings. The molecule has 1 aromatic rings. The van der Waals surface area contributed by atoms with Crippen LogP contribution in [0.25, 0.3) is 0 Å². The molecule has 1 aromatic carbocycles. The number of carbonyl (C=O) groups excluding carboxylic acids is 2. The van der Waals surface area contributed by atoms with E-state index in [0.29, 0.717) is 37.3 Å². The Morgan fingerprint density at radius 2 is 1.74 bits per heavy atom. The van der Waals surface area contributed by atoms with Gasteiger partial charge >= 0.3 is 5.97 Å². The monoisotopic (exact) mass is 376 g/mol. The Labute approximate surface area is 159 Å². The van der Waals surface area contributed by atoms with Crippen LogP contribution >= 0.6 is 0 Å². The Morgan fingerprint density at radius 3 is 2.22 bits per heavy atom. The molecule has 0 spiro atoms. The first-order valence-electron chi connectivity index (χ1n) is 9.17. The summed E-state index contributed by atoms with van der Waals surface area (Å²) in [7, 11) is 0. The van der Waals surface area contributed by atoms with Crippen LogP contribution in [0.1, 0.15) is 54.3 Å². The van der Waals surface area contributed by atoms with Crippen LogP contribution in [0.4, 0.5) is 0 Å². The fraction of sp³-hybridized carbons (Fsp3) is 0.550. The van der Waals surface area contributed by atoms with Crippen molar-refractivity contribution < 1.29 is 24.2 Å². The van der Waals surface area contributed by atoms with Gasteiger partial charge in [-0.1, -0.05) is 20.8 Å². The molecule has 2 rings (SSSR count). The fourth-order valence-electron chi connectivity index (χ4n) is 2.85. The summed E-state index contributed by atoms with van der Waals surface area (Å²) in [4.78, 5) is 36.1. The number of carboxylic acid groups (broad SMARTS) is 1. The van der Waals surface area contributed by atoms with E-state index in [1.807, 2.05) is 20.8 Å². The highest BCUT2D eigenvalue weighted by atomic mass is 16.5. The van der Waals surface area contributed by atoms with Crippen molar-refractivity contribution in [1.82, 2.24) is 10.6 Å². The van der Waals surface area contributed by atoms with Gasteiger partial charge in [-0.2, -0.15) is 0 Å². The Balaban J connectivity index is 1.99. The van der Waals surface area contributed by atoms with Gasteiger partial charge in [-0.15, -0.1) is 0 Å². The summed E-state index contributed by atoms with van der Waals surface area (Å²) in [6.07, 6.45) is 1.48. The lowest BCUT2D eigenvalue weighted by Gasteiger charge is -2.28. The number of amides is 2. The third-order valence-corrected chi connectivity index (χ3v) is 4.41. The van der Waals surface area contributed by atoms with E-state index >= 15 is 0 Å². The standard InChI is InChI=1S/C20H28N2O5/c1-20(2,3)12-21-17(23)13-6-8-14(9-7-13)18(24)22-16(19(25)26)15-5-4-10-27-11-15/h6-9,15-16H,4-5,10-12H2,1-3H3,(H,21,23)(H,22,24)(H,25,26). The molecule has 148 valence electrons. The summed E-state index contributed by atoms with van der Waals surface area (Å²) in [6.45, 7) is 7.56. The largest absolute Gasteiger partial charge is 0.480 e. The summed E-state index contributed by atoms with van der Waals surface area (Å²) in [5.41, 5.74) is 0.737. The maximum atomic E-state index is 12.4. The van der Waals surface area contributed by atoms with Gasteiger partial charge in [-0.3, -0.25) is 9.59 Å². The topological polar surface area (TPSA) is 105 Å². The average molecular weight is 376 g/mol. The third-order valence-electron chi connectivity index (χ3n) is 4.41. The molecule has 1 heterocycles. The molecule has 7 heteroatoms. The molecule has 7 nitrogen and oxygen atoms in total. The van der Waals surface area contributed by atoms with E-state index in [1.165, 1.54) is 12.1 Å². The first-order valence-corrected chi connectivity index (χ1v) is 9.17. The number of benzene rings is 1. The molecule has 1 aliphatic rings. The molecule has 2 atom stereocenters. The molecular weight excluding hydrogens is 348 g/mol. The second-order valence-electron chi connectivity index (χ2n) is 8.09. The number of carbonyl (C=O) groups is 3. The van der Waals surface area contributed by atoms with Crippen molar-refractivity contribution in [1.29, 1.82) is 0 Å². The SMILES string of the molecule is CC(C)(C)CNC(=O)c1ccc(C(=O)NC(C(=O)O)C2CCCOC2)cc1. The van der Waals surface area contributed by atoms with Gasteiger partial charge in [0.1, 0.15) is 6.04 Å². The van der Waals surface area contributed by atoms with Gasteiger partial charge < -0.3 is 20.5 Å². The molecule has 0 radical (unpaired) electrons. The van der Waals surface area contributed by atoms with E-state index in [9.17, 15) is 19.5 Å². The summed E-state index contributed by atoms with van der Waals surface area (Å²) in [6, 6.07) is 5.18. The number of nitrogens with one attached hydrogen (secondary N) is 2. The molecule has 0 saturated carbocycles. The minimum Gasteiger partial charge on any atom is -0.480 e. The quantitative estimate of drug-likeness (QED) is 0.705. The molecule has 2 unspecified atom stereocenters. The van der Waals surface area contributed by atoms with Crippen LogP contribution in [0.15, 0.2) is 24.3 Å². The zero-order valence-corrected chi connectivity index (χ0v) is 16.1. The summed E-state index contributed by atoms with van der Waals surface area (Å²) in [5, 5.41) is 14.9. The number of rotatable bonds is 6. The van der Waals surface area contributed by atoms with Crippen molar-refractivity contribution in [2.24, 2.45) is 11.3 Å². The molecule has 1 saturated heterocycles. The highest BCUT2D eigenvalue weighted by molar-refractivity contribution is 5.99. The smallest absolute Gasteiger partial charge is 0.326 e. The van der Waals surface area contributed by atoms with Crippen molar-refractivity contribution in [3.05, 3.63) is 35.4 Å². The van der Waals surface area contributed by atoms with Crippen molar-refractivity contribution in [2.75, 3.05) is 19.8 Å². The lowest BCUT2D eigenvalue weighted by molar-refractivity contribution is -0.142. The lowest BCUT2D eigenvalue weighted by Crippen LogP contribution is -2.48. The minimum atomic E-state index is -1.07. The number of hydrogen-bond donors (Lipinski definition) is 3. The second kappa shape index (κ2) is 8.99. The average Bonchev–Trinajstić information content (AvgIpc) is 2.64. The van der Waals surface area contributed by atoms with E-state index in [2.05, 4.69) is 10.6 Å². The molecule has 0 aliphatic carbocycles. The number of carboxylic acids is 1. The van der Waals surface area contributed by atoms with E-state index in [0.717, 1.165) is 6.42 Å². The normalized spacial score (nSPS) is 18.4. The first kappa shape index (κ1) is 20.9. The molecule has 0 bridgehead atoms. The second-order valence-corrected chi connectivity index (χ2v) is 8.09. The van der Waals surface area contributed by atoms with Crippen LogP contribution in [-0.2, 0) is 9.53 Å². The maximum Gasteiger partial charge on any atom is 0.326 e. The number of aliphatic carboxylic acids is 1. The zero-order valence-electron chi connectivity index (χ0n) is 16.1. The van der Waals surface area contributed by atoms with Crippen LogP contribution in [0.5, 0.6) is 0 Å². The van der Waals surface area contributed by atoms with E-state index in [1.54, 1.807) is 12.1 Å². The highest BCUT2D eigenvalue weighted by Gasteiger charge is 2.31. The highest BCUT2D eigenvalue weighted by Crippen LogP contribution is 2.18. The number of hydrogen-bond acceptors (Lipinski definition) is 4. The molecule has 1 aliphatic heterocycles. The third kappa shape index (κ3) is 6.36. The first-order chi connectivity index (χ1) is 12.7. The van der Waals surface area contributed by atoms with Crippen molar-refractivity contribution in [3.63, 3.8) is 0 Å². The Kier molecular flexibility index (Phi) is 6.96. The van der Waals surface area contributed by atoms with Gasteiger partial charge in [-0.25, -0.2) is 4.79 Å². The Bertz CT molecular complexity index is 673. The van der Waals surface area contributed by atoms with Gasteiger partial charge in [-0.05, 0) is 42.5 Å². The predicted octanol–water partition coefficient (Wildman–Crippen LogP) is 2.07. The summed E-state index contributed by atoms with van der Waals surface area (Å²) < 4.78 is 5.33. The van der Waals surface area contributed by atoms with Crippen molar-refractivity contribution in [2.45, 2.75) is 39.7 Å². The van der Waals surface area contributed by atoms with Gasteiger partial charge in [0.2, 0.25) is 0 Å². The van der Waals surface area contributed by atoms with Gasteiger partial charge in [0.05, 0.1) is 6.61 Å². The van der Waals surface area contributed by atoms with Gasteiger partial charge in [0, 0.05) is 30.2 Å². The zero-order chi connectivity index (χ0) is 20.0. The van der Waals surface area contributed by atoms with Gasteiger partial charge in [0.25, 0.3) is 11.8 Å². The Hall–Kier alpha value is -2.41. The summed E-state index contributed by atoms with van der Waals surface area (Å²) in [5.74, 6) is -2.01.